The molecule has 0 aliphatic carbocycles. The number of nitrogens with one attached hydrogen (secondary N) is 1. The minimum Gasteiger partial charge on any atom is -0.496 e. The van der Waals surface area contributed by atoms with Crippen LogP contribution < -0.4 is 10.1 Å². The molecule has 8 heteroatoms. The lowest BCUT2D eigenvalue weighted by atomic mass is 10.0. The molecule has 1 aromatic rings. The Labute approximate surface area is 141 Å². The summed E-state index contributed by atoms with van der Waals surface area (Å²) in [4.78, 5) is 34.5. The van der Waals surface area contributed by atoms with E-state index in [9.17, 15) is 19.5 Å². The van der Waals surface area contributed by atoms with Crippen LogP contribution in [0, 0.1) is 0 Å². The van der Waals surface area contributed by atoms with E-state index in [1.165, 1.54) is 7.11 Å². The van der Waals surface area contributed by atoms with Gasteiger partial charge in [0.25, 0.3) is 0 Å². The number of aliphatic carboxylic acids is 1. The number of rotatable bonds is 8. The first kappa shape index (κ1) is 19.1. The van der Waals surface area contributed by atoms with E-state index in [2.05, 4.69) is 21.2 Å². The molecule has 1 rings (SSSR count). The van der Waals surface area contributed by atoms with Crippen molar-refractivity contribution in [3.05, 3.63) is 28.2 Å². The molecule has 0 saturated carbocycles. The van der Waals surface area contributed by atoms with E-state index in [0.29, 0.717) is 15.8 Å². The maximum atomic E-state index is 12.2. The van der Waals surface area contributed by atoms with Crippen molar-refractivity contribution in [3.8, 4) is 5.75 Å². The number of Topliss-reactive ketones (excluding diaryl/α,β-unsaturated/α-hetero) is 1. The number of hydrogen-bond donors (Lipinski definition) is 3. The molecule has 1 unspecified atom stereocenters. The molecule has 0 fully saturated rings. The summed E-state index contributed by atoms with van der Waals surface area (Å²) in [5.41, 5.74) is -1.69. The van der Waals surface area contributed by atoms with Crippen molar-refractivity contribution >= 4 is 33.6 Å². The maximum absolute atomic E-state index is 12.2. The Morgan fingerprint density at radius 1 is 1.30 bits per heavy atom. The summed E-state index contributed by atoms with van der Waals surface area (Å²) in [6.07, 6.45) is -0.182. The summed E-state index contributed by atoms with van der Waals surface area (Å²) in [5.74, 6) is -1.82. The van der Waals surface area contributed by atoms with Gasteiger partial charge in [-0.3, -0.25) is 9.59 Å². The molecule has 126 valence electrons. The lowest BCUT2D eigenvalue weighted by Gasteiger charge is -2.18. The van der Waals surface area contributed by atoms with E-state index >= 15 is 0 Å². The zero-order valence-corrected chi connectivity index (χ0v) is 14.3. The number of amides is 1. The van der Waals surface area contributed by atoms with Crippen LogP contribution in [0.25, 0.3) is 0 Å². The number of carboxylic acid groups (broad SMARTS) is 1. The van der Waals surface area contributed by atoms with Crippen LogP contribution in [0.2, 0.25) is 0 Å². The number of methoxy groups -OCH3 is 1. The van der Waals surface area contributed by atoms with Crippen LogP contribution in [0.4, 0.5) is 0 Å². The summed E-state index contributed by atoms with van der Waals surface area (Å²) in [5, 5.41) is 20.5. The van der Waals surface area contributed by atoms with Gasteiger partial charge in [0.2, 0.25) is 5.91 Å². The first-order chi connectivity index (χ1) is 10.7. The molecule has 0 heterocycles. The minimum absolute atomic E-state index is 0.0616. The Morgan fingerprint density at radius 2 is 1.96 bits per heavy atom. The van der Waals surface area contributed by atoms with Crippen molar-refractivity contribution < 1.29 is 29.3 Å². The number of ketones is 1. The van der Waals surface area contributed by atoms with Crippen LogP contribution in [0.15, 0.2) is 22.7 Å². The van der Waals surface area contributed by atoms with Gasteiger partial charge in [-0.2, -0.15) is 0 Å². The Morgan fingerprint density at radius 3 is 2.52 bits per heavy atom. The highest BCUT2D eigenvalue weighted by Gasteiger charge is 2.30. The van der Waals surface area contributed by atoms with E-state index in [0.717, 1.165) is 6.92 Å². The Bertz CT molecular complexity index is 614. The fourth-order valence-corrected chi connectivity index (χ4v) is 2.06. The lowest BCUT2D eigenvalue weighted by Crippen LogP contribution is -2.46. The van der Waals surface area contributed by atoms with Crippen LogP contribution in [0.1, 0.15) is 30.1 Å². The van der Waals surface area contributed by atoms with Crippen LogP contribution >= 0.6 is 15.9 Å². The summed E-state index contributed by atoms with van der Waals surface area (Å²) >= 11 is 3.26. The second-order valence-electron chi connectivity index (χ2n) is 5.12. The zero-order valence-electron chi connectivity index (χ0n) is 12.8. The second kappa shape index (κ2) is 8.07. The molecule has 1 aromatic carbocycles. The van der Waals surface area contributed by atoms with E-state index in [1.54, 1.807) is 18.2 Å². The number of ether oxygens (including phenoxy) is 1. The van der Waals surface area contributed by atoms with Gasteiger partial charge in [-0.25, -0.2) is 4.79 Å². The normalized spacial score (nSPS) is 13.0. The number of carbonyl (C=O) groups is 3. The Kier molecular flexibility index (Phi) is 6.71. The largest absolute Gasteiger partial charge is 0.496 e. The number of carbonyl (C=O) groups excluding carboxylic acids is 2. The predicted molar refractivity (Wildman–Crippen MR) is 85.5 cm³/mol. The van der Waals surface area contributed by atoms with Gasteiger partial charge in [-0.05, 0) is 25.1 Å². The lowest BCUT2D eigenvalue weighted by molar-refractivity contribution is -0.156. The number of aliphatic hydroxyl groups is 1. The predicted octanol–water partition coefficient (Wildman–Crippen LogP) is 1.37. The molecule has 23 heavy (non-hydrogen) atoms. The van der Waals surface area contributed by atoms with Crippen LogP contribution in [-0.4, -0.2) is 47.1 Å². The molecule has 7 nitrogen and oxygen atoms in total. The topological polar surface area (TPSA) is 113 Å². The number of carboxylic acids is 1. The monoisotopic (exact) mass is 387 g/mol. The molecule has 0 bridgehead atoms. The van der Waals surface area contributed by atoms with Crippen molar-refractivity contribution in [1.29, 1.82) is 0 Å². The molecule has 0 saturated heterocycles. The summed E-state index contributed by atoms with van der Waals surface area (Å²) in [6, 6.07) is 4.98. The van der Waals surface area contributed by atoms with Crippen LogP contribution in [-0.2, 0) is 9.59 Å². The zero-order chi connectivity index (χ0) is 17.6. The molecule has 0 radical (unpaired) electrons. The van der Waals surface area contributed by atoms with Crippen LogP contribution in [0.5, 0.6) is 5.75 Å². The van der Waals surface area contributed by atoms with Crippen LogP contribution in [0.3, 0.4) is 0 Å². The molecule has 0 aliphatic heterocycles. The third-order valence-electron chi connectivity index (χ3n) is 3.13. The number of halogens is 1. The molecule has 3 N–H and O–H groups in total. The molecule has 0 spiro atoms. The minimum atomic E-state index is -2.05. The quantitative estimate of drug-likeness (QED) is 0.580. The van der Waals surface area contributed by atoms with E-state index in [4.69, 9.17) is 9.84 Å². The van der Waals surface area contributed by atoms with E-state index in [1.807, 2.05) is 0 Å². The van der Waals surface area contributed by atoms with Crippen molar-refractivity contribution in [2.24, 2.45) is 0 Å². The van der Waals surface area contributed by atoms with Crippen molar-refractivity contribution in [1.82, 2.24) is 5.32 Å². The Hall–Kier alpha value is -1.93. The molecule has 0 aliphatic rings. The maximum Gasteiger partial charge on any atom is 0.337 e. The summed E-state index contributed by atoms with van der Waals surface area (Å²) in [6.45, 7) is 0.642. The summed E-state index contributed by atoms with van der Waals surface area (Å²) in [7, 11) is 1.45. The molecular formula is C15H18BrNO6. The van der Waals surface area contributed by atoms with Gasteiger partial charge in [0.05, 0.1) is 19.2 Å². The first-order valence-electron chi connectivity index (χ1n) is 6.76. The number of hydrogen-bond acceptors (Lipinski definition) is 5. The van der Waals surface area contributed by atoms with E-state index < -0.39 is 24.0 Å². The number of benzene rings is 1. The smallest absolute Gasteiger partial charge is 0.337 e. The van der Waals surface area contributed by atoms with Gasteiger partial charge in [0.1, 0.15) is 5.75 Å². The van der Waals surface area contributed by atoms with Gasteiger partial charge in [-0.15, -0.1) is 0 Å². The average Bonchev–Trinajstić information content (AvgIpc) is 2.50. The SMILES string of the molecule is COc1ccc(Br)cc1C(=O)CCC(=O)NCC(C)(O)C(=O)O. The van der Waals surface area contributed by atoms with Crippen molar-refractivity contribution in [2.45, 2.75) is 25.4 Å². The second-order valence-corrected chi connectivity index (χ2v) is 6.04. The van der Waals surface area contributed by atoms with Gasteiger partial charge in [0.15, 0.2) is 11.4 Å². The molecule has 1 atom stereocenters. The molecular weight excluding hydrogens is 370 g/mol. The first-order valence-corrected chi connectivity index (χ1v) is 7.56. The molecule has 0 aromatic heterocycles. The van der Waals surface area contributed by atoms with Gasteiger partial charge in [-0.1, -0.05) is 15.9 Å². The standard InChI is InChI=1S/C15H18BrNO6/c1-15(22,14(20)21)8-17-13(19)6-4-11(18)10-7-9(16)3-5-12(10)23-2/h3,5,7,22H,4,6,8H2,1-2H3,(H,17,19)(H,20,21). The highest BCUT2D eigenvalue weighted by molar-refractivity contribution is 9.10. The van der Waals surface area contributed by atoms with Gasteiger partial charge < -0.3 is 20.3 Å². The van der Waals surface area contributed by atoms with E-state index in [-0.39, 0.29) is 18.6 Å². The third-order valence-corrected chi connectivity index (χ3v) is 3.62. The van der Waals surface area contributed by atoms with Gasteiger partial charge >= 0.3 is 5.97 Å². The average molecular weight is 388 g/mol. The summed E-state index contributed by atoms with van der Waals surface area (Å²) < 4.78 is 5.82. The molecule has 1 amide bonds. The van der Waals surface area contributed by atoms with Gasteiger partial charge in [0, 0.05) is 17.3 Å². The third kappa shape index (κ3) is 5.65. The fraction of sp³-hybridized carbons (Fsp3) is 0.400. The highest BCUT2D eigenvalue weighted by atomic mass is 79.9. The van der Waals surface area contributed by atoms with Crippen molar-refractivity contribution in [3.63, 3.8) is 0 Å². The highest BCUT2D eigenvalue weighted by Crippen LogP contribution is 2.24. The fourth-order valence-electron chi connectivity index (χ4n) is 1.69. The van der Waals surface area contributed by atoms with Crippen molar-refractivity contribution in [2.75, 3.05) is 13.7 Å². The Balaban J connectivity index is 2.58.